The van der Waals surface area contributed by atoms with E-state index in [9.17, 15) is 0 Å². The highest BCUT2D eigenvalue weighted by Gasteiger charge is 2.37. The fraction of sp³-hybridized carbons (Fsp3) is 1.00. The van der Waals surface area contributed by atoms with Crippen molar-refractivity contribution in [3.05, 3.63) is 0 Å². The predicted molar refractivity (Wildman–Crippen MR) is 69.5 cm³/mol. The third-order valence-corrected chi connectivity index (χ3v) is 5.19. The molecule has 0 heterocycles. The number of hydrogen-bond donors (Lipinski definition) is 0. The summed E-state index contributed by atoms with van der Waals surface area (Å²) < 4.78 is 5.37. The molecule has 1 nitrogen and oxygen atoms in total. The van der Waals surface area contributed by atoms with Crippen molar-refractivity contribution in [1.29, 1.82) is 0 Å². The van der Waals surface area contributed by atoms with Crippen LogP contribution in [0.2, 0.25) is 0 Å². The minimum atomic E-state index is 0.413. The standard InChI is InChI=1S/C13H25BrO/c1-12(2,3)11-5-7-13(9-14,8-6-11)10-15-4/h11H,5-10H2,1-4H3. The molecule has 0 radical (unpaired) electrons. The SMILES string of the molecule is COCC1(CBr)CCC(C(C)(C)C)CC1. The molecule has 1 rings (SSSR count). The Kier molecular flexibility index (Phi) is 4.66. The lowest BCUT2D eigenvalue weighted by atomic mass is 9.65. The number of methoxy groups -OCH3 is 1. The molecule has 1 aliphatic rings. The molecule has 0 amide bonds. The van der Waals surface area contributed by atoms with E-state index in [-0.39, 0.29) is 0 Å². The van der Waals surface area contributed by atoms with Gasteiger partial charge in [-0.25, -0.2) is 0 Å². The van der Waals surface area contributed by atoms with Crippen LogP contribution < -0.4 is 0 Å². The zero-order chi connectivity index (χ0) is 11.5. The highest BCUT2D eigenvalue weighted by Crippen LogP contribution is 2.46. The molecule has 2 heteroatoms. The molecule has 0 N–H and O–H groups in total. The Morgan fingerprint density at radius 3 is 2.13 bits per heavy atom. The molecule has 0 spiro atoms. The molecule has 90 valence electrons. The monoisotopic (exact) mass is 276 g/mol. The summed E-state index contributed by atoms with van der Waals surface area (Å²) in [7, 11) is 1.82. The van der Waals surface area contributed by atoms with Crippen molar-refractivity contribution in [2.24, 2.45) is 16.7 Å². The van der Waals surface area contributed by atoms with Crippen molar-refractivity contribution < 1.29 is 4.74 Å². The normalized spacial score (nSPS) is 33.0. The van der Waals surface area contributed by atoms with Gasteiger partial charge in [-0.1, -0.05) is 36.7 Å². The first-order chi connectivity index (χ1) is 6.93. The number of halogens is 1. The van der Waals surface area contributed by atoms with Crippen molar-refractivity contribution in [3.8, 4) is 0 Å². The fourth-order valence-corrected chi connectivity index (χ4v) is 3.44. The van der Waals surface area contributed by atoms with E-state index in [1.807, 2.05) is 7.11 Å². The Morgan fingerprint density at radius 2 is 1.80 bits per heavy atom. The van der Waals surface area contributed by atoms with E-state index in [0.29, 0.717) is 10.8 Å². The van der Waals surface area contributed by atoms with Gasteiger partial charge in [0.15, 0.2) is 0 Å². The largest absolute Gasteiger partial charge is 0.384 e. The maximum absolute atomic E-state index is 5.37. The molecule has 0 bridgehead atoms. The van der Waals surface area contributed by atoms with Crippen LogP contribution in [0.25, 0.3) is 0 Å². The van der Waals surface area contributed by atoms with E-state index >= 15 is 0 Å². The molecule has 0 aliphatic heterocycles. The van der Waals surface area contributed by atoms with E-state index in [1.165, 1.54) is 25.7 Å². The predicted octanol–water partition coefficient (Wildman–Crippen LogP) is 4.25. The highest BCUT2D eigenvalue weighted by atomic mass is 79.9. The summed E-state index contributed by atoms with van der Waals surface area (Å²) in [6, 6.07) is 0. The molecule has 15 heavy (non-hydrogen) atoms. The second-order valence-corrected chi connectivity index (χ2v) is 6.77. The van der Waals surface area contributed by atoms with Gasteiger partial charge in [0.2, 0.25) is 0 Å². The topological polar surface area (TPSA) is 9.23 Å². The third kappa shape index (κ3) is 3.45. The highest BCUT2D eigenvalue weighted by molar-refractivity contribution is 9.09. The van der Waals surface area contributed by atoms with Gasteiger partial charge in [-0.15, -0.1) is 0 Å². The quantitative estimate of drug-likeness (QED) is 0.701. The number of rotatable bonds is 3. The van der Waals surface area contributed by atoms with Crippen LogP contribution in [0, 0.1) is 16.7 Å². The Morgan fingerprint density at radius 1 is 1.27 bits per heavy atom. The zero-order valence-corrected chi connectivity index (χ0v) is 12.2. The first-order valence-corrected chi connectivity index (χ1v) is 7.11. The van der Waals surface area contributed by atoms with Crippen LogP contribution in [-0.2, 0) is 4.74 Å². The minimum absolute atomic E-state index is 0.413. The van der Waals surface area contributed by atoms with Gasteiger partial charge >= 0.3 is 0 Å². The van der Waals surface area contributed by atoms with Gasteiger partial charge in [0.25, 0.3) is 0 Å². The molecule has 0 unspecified atom stereocenters. The Hall–Kier alpha value is 0.440. The first-order valence-electron chi connectivity index (χ1n) is 5.98. The Balaban J connectivity index is 2.53. The van der Waals surface area contributed by atoms with Crippen molar-refractivity contribution in [2.75, 3.05) is 19.0 Å². The maximum Gasteiger partial charge on any atom is 0.0526 e. The average molecular weight is 277 g/mol. The van der Waals surface area contributed by atoms with Gasteiger partial charge in [-0.05, 0) is 37.0 Å². The fourth-order valence-electron chi connectivity index (χ4n) is 2.72. The van der Waals surface area contributed by atoms with E-state index in [2.05, 4.69) is 36.7 Å². The van der Waals surface area contributed by atoms with Gasteiger partial charge in [-0.3, -0.25) is 0 Å². The molecular formula is C13H25BrO. The molecule has 0 aromatic heterocycles. The smallest absolute Gasteiger partial charge is 0.0526 e. The lowest BCUT2D eigenvalue weighted by Gasteiger charge is -2.43. The van der Waals surface area contributed by atoms with Crippen LogP contribution in [0.1, 0.15) is 46.5 Å². The van der Waals surface area contributed by atoms with Crippen molar-refractivity contribution >= 4 is 15.9 Å². The molecule has 0 saturated heterocycles. The number of hydrogen-bond acceptors (Lipinski definition) is 1. The van der Waals surface area contributed by atoms with Gasteiger partial charge in [0, 0.05) is 17.9 Å². The number of alkyl halides is 1. The van der Waals surface area contributed by atoms with Gasteiger partial charge < -0.3 is 4.74 Å². The number of ether oxygens (including phenoxy) is 1. The first kappa shape index (κ1) is 13.5. The lowest BCUT2D eigenvalue weighted by molar-refractivity contribution is 0.0327. The summed E-state index contributed by atoms with van der Waals surface area (Å²) in [6.07, 6.45) is 5.35. The molecule has 1 saturated carbocycles. The maximum atomic E-state index is 5.37. The van der Waals surface area contributed by atoms with Gasteiger partial charge in [0.05, 0.1) is 6.61 Å². The summed E-state index contributed by atoms with van der Waals surface area (Å²) in [5.74, 6) is 0.890. The Bertz CT molecular complexity index is 187. The molecule has 0 atom stereocenters. The Labute approximate surface area is 103 Å². The summed E-state index contributed by atoms with van der Waals surface area (Å²) in [5.41, 5.74) is 0.891. The minimum Gasteiger partial charge on any atom is -0.384 e. The van der Waals surface area contributed by atoms with Crippen LogP contribution in [0.3, 0.4) is 0 Å². The second kappa shape index (κ2) is 5.18. The zero-order valence-electron chi connectivity index (χ0n) is 10.6. The van der Waals surface area contributed by atoms with E-state index in [4.69, 9.17) is 4.74 Å². The molecular weight excluding hydrogens is 252 g/mol. The van der Waals surface area contributed by atoms with Crippen LogP contribution in [0.15, 0.2) is 0 Å². The molecule has 1 fully saturated rings. The van der Waals surface area contributed by atoms with E-state index in [1.54, 1.807) is 0 Å². The van der Waals surface area contributed by atoms with E-state index < -0.39 is 0 Å². The van der Waals surface area contributed by atoms with Crippen LogP contribution in [0.4, 0.5) is 0 Å². The second-order valence-electron chi connectivity index (χ2n) is 6.21. The third-order valence-electron chi connectivity index (χ3n) is 4.01. The van der Waals surface area contributed by atoms with Crippen molar-refractivity contribution in [3.63, 3.8) is 0 Å². The van der Waals surface area contributed by atoms with Crippen molar-refractivity contribution in [1.82, 2.24) is 0 Å². The van der Waals surface area contributed by atoms with Crippen LogP contribution >= 0.6 is 15.9 Å². The van der Waals surface area contributed by atoms with Crippen LogP contribution in [0.5, 0.6) is 0 Å². The van der Waals surface area contributed by atoms with E-state index in [0.717, 1.165) is 17.9 Å². The van der Waals surface area contributed by atoms with Gasteiger partial charge in [0.1, 0.15) is 0 Å². The van der Waals surface area contributed by atoms with Crippen molar-refractivity contribution in [2.45, 2.75) is 46.5 Å². The summed E-state index contributed by atoms with van der Waals surface area (Å²) in [6.45, 7) is 8.02. The van der Waals surface area contributed by atoms with Crippen LogP contribution in [-0.4, -0.2) is 19.0 Å². The molecule has 0 aromatic rings. The van der Waals surface area contributed by atoms with Gasteiger partial charge in [-0.2, -0.15) is 0 Å². The summed E-state index contributed by atoms with van der Waals surface area (Å²) >= 11 is 3.66. The average Bonchev–Trinajstić information content (AvgIpc) is 2.17. The summed E-state index contributed by atoms with van der Waals surface area (Å²) in [5, 5.41) is 1.09. The summed E-state index contributed by atoms with van der Waals surface area (Å²) in [4.78, 5) is 0. The lowest BCUT2D eigenvalue weighted by Crippen LogP contribution is -2.36. The molecule has 1 aliphatic carbocycles. The molecule has 0 aromatic carbocycles.